The van der Waals surface area contributed by atoms with E-state index < -0.39 is 5.97 Å². The van der Waals surface area contributed by atoms with Crippen LogP contribution in [0.15, 0.2) is 18.2 Å². The summed E-state index contributed by atoms with van der Waals surface area (Å²) in [7, 11) is 0. The Morgan fingerprint density at radius 1 is 1.32 bits per heavy atom. The fourth-order valence-electron chi connectivity index (χ4n) is 3.50. The van der Waals surface area contributed by atoms with Crippen LogP contribution in [0.5, 0.6) is 0 Å². The number of carboxylic acids is 1. The highest BCUT2D eigenvalue weighted by molar-refractivity contribution is 6.30. The normalized spacial score (nSPS) is 27.2. The predicted molar refractivity (Wildman–Crippen MR) is 74.5 cm³/mol. The average Bonchev–Trinajstić information content (AvgIpc) is 2.81. The number of rotatable bonds is 2. The van der Waals surface area contributed by atoms with Gasteiger partial charge in [-0.15, -0.1) is 0 Å². The number of aryl methyl sites for hydroxylation is 1. The van der Waals surface area contributed by atoms with Gasteiger partial charge in [0.25, 0.3) is 0 Å². The van der Waals surface area contributed by atoms with Crippen molar-refractivity contribution in [2.45, 2.75) is 44.2 Å². The van der Waals surface area contributed by atoms with Crippen molar-refractivity contribution in [3.63, 3.8) is 0 Å². The lowest BCUT2D eigenvalue weighted by Crippen LogP contribution is -2.46. The van der Waals surface area contributed by atoms with E-state index in [1.165, 1.54) is 11.1 Å². The molecule has 1 aromatic carbocycles. The zero-order chi connectivity index (χ0) is 13.4. The van der Waals surface area contributed by atoms with Crippen LogP contribution in [0.2, 0.25) is 5.02 Å². The predicted octanol–water partition coefficient (Wildman–Crippen LogP) is 3.27. The van der Waals surface area contributed by atoms with E-state index in [4.69, 9.17) is 11.6 Å². The minimum absolute atomic E-state index is 0.258. The Morgan fingerprint density at radius 3 is 2.95 bits per heavy atom. The van der Waals surface area contributed by atoms with Crippen LogP contribution in [-0.2, 0) is 11.2 Å². The molecule has 4 heteroatoms. The zero-order valence-corrected chi connectivity index (χ0v) is 11.6. The van der Waals surface area contributed by atoms with E-state index in [9.17, 15) is 9.90 Å². The number of hydrogen-bond acceptors (Lipinski definition) is 2. The lowest BCUT2D eigenvalue weighted by Gasteiger charge is -2.37. The molecule has 1 N–H and O–H groups in total. The third kappa shape index (κ3) is 2.37. The number of likely N-dealkylation sites (tertiary alicyclic amines) is 1. The first-order valence-corrected chi connectivity index (χ1v) is 7.31. The maximum Gasteiger partial charge on any atom is 0.320 e. The fourth-order valence-corrected chi connectivity index (χ4v) is 3.69. The van der Waals surface area contributed by atoms with Gasteiger partial charge in [0.05, 0.1) is 0 Å². The fraction of sp³-hybridized carbons (Fsp3) is 0.533. The van der Waals surface area contributed by atoms with Crippen molar-refractivity contribution >= 4 is 17.6 Å². The number of hydrogen-bond donors (Lipinski definition) is 1. The van der Waals surface area contributed by atoms with E-state index in [-0.39, 0.29) is 12.1 Å². The first-order valence-electron chi connectivity index (χ1n) is 6.93. The number of carbonyl (C=O) groups is 1. The summed E-state index contributed by atoms with van der Waals surface area (Å²) in [4.78, 5) is 13.6. The highest BCUT2D eigenvalue weighted by Crippen LogP contribution is 2.39. The van der Waals surface area contributed by atoms with Gasteiger partial charge in [-0.1, -0.05) is 24.1 Å². The molecule has 1 fully saturated rings. The van der Waals surface area contributed by atoms with E-state index >= 15 is 0 Å². The third-order valence-electron chi connectivity index (χ3n) is 4.38. The van der Waals surface area contributed by atoms with Crippen LogP contribution in [0, 0.1) is 0 Å². The number of aliphatic carboxylic acids is 1. The summed E-state index contributed by atoms with van der Waals surface area (Å²) >= 11 is 6.03. The third-order valence-corrected chi connectivity index (χ3v) is 4.62. The Morgan fingerprint density at radius 2 is 2.16 bits per heavy atom. The van der Waals surface area contributed by atoms with E-state index in [0.717, 1.165) is 43.7 Å². The van der Waals surface area contributed by atoms with Crippen molar-refractivity contribution in [1.82, 2.24) is 4.90 Å². The van der Waals surface area contributed by atoms with Crippen LogP contribution in [0.4, 0.5) is 0 Å². The van der Waals surface area contributed by atoms with Crippen LogP contribution in [0.1, 0.15) is 42.9 Å². The SMILES string of the molecule is O=C(O)C1CCCCN1C1CCc2cc(Cl)ccc21. The molecule has 2 atom stereocenters. The molecular formula is C15H18ClNO2. The maximum atomic E-state index is 11.4. The Kier molecular flexibility index (Phi) is 3.50. The highest BCUT2D eigenvalue weighted by atomic mass is 35.5. The Hall–Kier alpha value is -1.06. The average molecular weight is 280 g/mol. The molecule has 3 nitrogen and oxygen atoms in total. The molecule has 1 aliphatic heterocycles. The van der Waals surface area contributed by atoms with Gasteiger partial charge in [0, 0.05) is 11.1 Å². The van der Waals surface area contributed by atoms with Crippen molar-refractivity contribution in [2.24, 2.45) is 0 Å². The topological polar surface area (TPSA) is 40.5 Å². The van der Waals surface area contributed by atoms with Gasteiger partial charge in [0.1, 0.15) is 6.04 Å². The molecule has 0 spiro atoms. The van der Waals surface area contributed by atoms with Gasteiger partial charge in [-0.25, -0.2) is 0 Å². The largest absolute Gasteiger partial charge is 0.480 e. The molecule has 2 unspecified atom stereocenters. The molecular weight excluding hydrogens is 262 g/mol. The second-order valence-electron chi connectivity index (χ2n) is 5.49. The van der Waals surface area contributed by atoms with Gasteiger partial charge >= 0.3 is 5.97 Å². The first-order chi connectivity index (χ1) is 9.16. The van der Waals surface area contributed by atoms with Gasteiger partial charge in [-0.2, -0.15) is 0 Å². The van der Waals surface area contributed by atoms with E-state index in [0.29, 0.717) is 0 Å². The second-order valence-corrected chi connectivity index (χ2v) is 5.92. The van der Waals surface area contributed by atoms with Gasteiger partial charge in [-0.3, -0.25) is 9.69 Å². The number of carboxylic acid groups (broad SMARTS) is 1. The van der Waals surface area contributed by atoms with Crippen molar-refractivity contribution in [3.8, 4) is 0 Å². The summed E-state index contributed by atoms with van der Waals surface area (Å²) in [5.41, 5.74) is 2.56. The highest BCUT2D eigenvalue weighted by Gasteiger charge is 2.36. The van der Waals surface area contributed by atoms with Gasteiger partial charge in [0.2, 0.25) is 0 Å². The number of fused-ring (bicyclic) bond motifs is 1. The molecule has 2 aliphatic rings. The smallest absolute Gasteiger partial charge is 0.320 e. The molecule has 0 bridgehead atoms. The Labute approximate surface area is 118 Å². The Balaban J connectivity index is 1.89. The summed E-state index contributed by atoms with van der Waals surface area (Å²) in [5.74, 6) is -0.679. The molecule has 3 rings (SSSR count). The monoisotopic (exact) mass is 279 g/mol. The van der Waals surface area contributed by atoms with Crippen LogP contribution >= 0.6 is 11.6 Å². The van der Waals surface area contributed by atoms with Gasteiger partial charge in [-0.05, 0) is 55.5 Å². The molecule has 1 aromatic rings. The van der Waals surface area contributed by atoms with Crippen molar-refractivity contribution in [3.05, 3.63) is 34.3 Å². The lowest BCUT2D eigenvalue weighted by molar-refractivity contribution is -0.145. The van der Waals surface area contributed by atoms with Crippen molar-refractivity contribution < 1.29 is 9.90 Å². The Bertz CT molecular complexity index is 503. The van der Waals surface area contributed by atoms with Gasteiger partial charge < -0.3 is 5.11 Å². The van der Waals surface area contributed by atoms with Crippen LogP contribution in [0.25, 0.3) is 0 Å². The summed E-state index contributed by atoms with van der Waals surface area (Å²) in [5, 5.41) is 10.2. The molecule has 102 valence electrons. The van der Waals surface area contributed by atoms with E-state index in [1.54, 1.807) is 0 Å². The van der Waals surface area contributed by atoms with Crippen LogP contribution in [-0.4, -0.2) is 28.6 Å². The minimum Gasteiger partial charge on any atom is -0.480 e. The van der Waals surface area contributed by atoms with Gasteiger partial charge in [0.15, 0.2) is 0 Å². The van der Waals surface area contributed by atoms with Crippen LogP contribution in [0.3, 0.4) is 0 Å². The van der Waals surface area contributed by atoms with Crippen molar-refractivity contribution in [2.75, 3.05) is 6.54 Å². The summed E-state index contributed by atoms with van der Waals surface area (Å²) in [6, 6.07) is 5.95. The lowest BCUT2D eigenvalue weighted by atomic mass is 9.97. The molecule has 1 aliphatic carbocycles. The van der Waals surface area contributed by atoms with E-state index in [1.807, 2.05) is 12.1 Å². The first kappa shape index (κ1) is 12.9. The van der Waals surface area contributed by atoms with Crippen LogP contribution < -0.4 is 0 Å². The molecule has 1 saturated heterocycles. The summed E-state index contributed by atoms with van der Waals surface area (Å²) in [6.07, 6.45) is 4.91. The number of halogens is 1. The molecule has 19 heavy (non-hydrogen) atoms. The summed E-state index contributed by atoms with van der Waals surface area (Å²) < 4.78 is 0. The number of benzene rings is 1. The molecule has 1 heterocycles. The minimum atomic E-state index is -0.679. The molecule has 0 saturated carbocycles. The van der Waals surface area contributed by atoms with Crippen molar-refractivity contribution in [1.29, 1.82) is 0 Å². The quantitative estimate of drug-likeness (QED) is 0.903. The number of nitrogens with zero attached hydrogens (tertiary/aromatic N) is 1. The number of piperidine rings is 1. The second kappa shape index (κ2) is 5.14. The standard InChI is InChI=1S/C15H18ClNO2/c16-11-5-6-12-10(9-11)4-7-13(12)17-8-2-1-3-14(17)15(18)19/h5-6,9,13-14H,1-4,7-8H2,(H,18,19). The van der Waals surface area contributed by atoms with E-state index in [2.05, 4.69) is 11.0 Å². The maximum absolute atomic E-state index is 11.4. The molecule has 0 amide bonds. The molecule has 0 radical (unpaired) electrons. The molecule has 0 aromatic heterocycles. The zero-order valence-electron chi connectivity index (χ0n) is 10.8. The summed E-state index contributed by atoms with van der Waals surface area (Å²) in [6.45, 7) is 0.893.